The van der Waals surface area contributed by atoms with Gasteiger partial charge in [0.25, 0.3) is 5.24 Å². The van der Waals surface area contributed by atoms with Gasteiger partial charge < -0.3 is 89.4 Å². The Morgan fingerprint density at radius 1 is 0.472 bits per heavy atom. The Balaban J connectivity index is 0.000000378. The summed E-state index contributed by atoms with van der Waals surface area (Å²) in [6.07, 6.45) is 36.9. The van der Waals surface area contributed by atoms with Gasteiger partial charge in [0.15, 0.2) is 10.2 Å². The van der Waals surface area contributed by atoms with E-state index in [2.05, 4.69) is 117 Å². The Bertz CT molecular complexity index is 3940. The van der Waals surface area contributed by atoms with E-state index in [9.17, 15) is 77.0 Å². The summed E-state index contributed by atoms with van der Waals surface area (Å²) in [5.41, 5.74) is 11.5. The van der Waals surface area contributed by atoms with Gasteiger partial charge in [-0.1, -0.05) is 93.1 Å². The minimum atomic E-state index is -0.929. The fourth-order valence-electron chi connectivity index (χ4n) is 17.0. The number of carbonyl (C=O) groups is 15. The molecule has 144 heavy (non-hydrogen) atoms. The number of nitrogens with zero attached hydrogens (tertiary/aromatic N) is 1. The Morgan fingerprint density at radius 2 is 0.896 bits per heavy atom. The molecule has 0 aromatic carbocycles. The van der Waals surface area contributed by atoms with Crippen molar-refractivity contribution in [1.29, 1.82) is 0 Å². The zero-order chi connectivity index (χ0) is 105. The van der Waals surface area contributed by atoms with E-state index in [1.165, 1.54) is 114 Å². The Hall–Kier alpha value is -2.75. The van der Waals surface area contributed by atoms with Crippen molar-refractivity contribution >= 4 is 264 Å². The van der Waals surface area contributed by atoms with Crippen LogP contribution in [0.1, 0.15) is 301 Å². The molecule has 32 nitrogen and oxygen atoms in total. The van der Waals surface area contributed by atoms with Crippen molar-refractivity contribution < 1.29 is 132 Å². The topological polar surface area (TPSA) is 541 Å². The van der Waals surface area contributed by atoms with Crippen molar-refractivity contribution in [3.63, 3.8) is 0 Å². The zero-order valence-corrected chi connectivity index (χ0v) is 98.4. The van der Waals surface area contributed by atoms with Crippen molar-refractivity contribution in [1.82, 2.24) is 47.5 Å². The number of rotatable bonds is 64. The first-order valence-corrected chi connectivity index (χ1v) is 65.1. The molecular weight excluding hydrogens is 2150 g/mol. The minimum Gasteiger partial charge on any atom is -0.550 e. The molecule has 0 spiro atoms. The maximum Gasteiger partial charge on any atom is 1.00 e. The largest absolute Gasteiger partial charge is 1.00 e. The Labute approximate surface area is 939 Å². The Morgan fingerprint density at radius 3 is 1.39 bits per heavy atom. The van der Waals surface area contributed by atoms with Crippen LogP contribution in [-0.2, 0) is 52.7 Å². The van der Waals surface area contributed by atoms with Gasteiger partial charge in [-0.3, -0.25) is 57.7 Å². The van der Waals surface area contributed by atoms with Gasteiger partial charge in [-0.2, -0.15) is 59.7 Å². The molecular formula is C96H158N11NaO21S15. The number of nitrogens with two attached hydrogens (primary N) is 2. The number of unbranched alkanes of at least 4 members (excludes halogenated alkanes) is 9. The monoisotopic (exact) mass is 2300 g/mol. The number of amides is 10. The van der Waals surface area contributed by atoms with E-state index in [-0.39, 0.29) is 164 Å². The third-order valence-electron chi connectivity index (χ3n) is 24.4. The second-order valence-corrected chi connectivity index (χ2v) is 57.6. The van der Waals surface area contributed by atoms with Crippen LogP contribution in [-0.4, -0.2) is 286 Å². The van der Waals surface area contributed by atoms with E-state index in [0.717, 1.165) is 199 Å². The second-order valence-electron chi connectivity index (χ2n) is 36.9. The smallest absolute Gasteiger partial charge is 0.550 e. The van der Waals surface area contributed by atoms with Gasteiger partial charge in [-0.05, 0) is 222 Å². The number of nitrogens with one attached hydrogen (secondary N) is 8. The summed E-state index contributed by atoms with van der Waals surface area (Å²) >= 11 is 29.3. The van der Waals surface area contributed by atoms with Gasteiger partial charge in [0.2, 0.25) is 17.7 Å². The number of thioether (sulfide) groups is 14. The molecule has 10 heterocycles. The van der Waals surface area contributed by atoms with Crippen molar-refractivity contribution in [3.05, 3.63) is 30.1 Å². The van der Waals surface area contributed by atoms with Gasteiger partial charge in [0.1, 0.15) is 0 Å². The summed E-state index contributed by atoms with van der Waals surface area (Å²) < 4.78 is 1.59. The van der Waals surface area contributed by atoms with Gasteiger partial charge in [0, 0.05) is 163 Å². The molecule has 814 valence electrons. The van der Waals surface area contributed by atoms with Crippen molar-refractivity contribution in [2.24, 2.45) is 11.5 Å². The fraction of sp³-hybridized carbons (Fsp3) is 0.792. The number of carboxylic acid groups (broad SMARTS) is 6. The number of thiol groups is 1. The number of aliphatic carboxylic acids is 6. The molecule has 10 amide bonds. The quantitative estimate of drug-likeness (QED) is 0.0125. The zero-order valence-electron chi connectivity index (χ0n) is 84.0. The number of fused-ring (bicyclic) bond motifs is 3. The molecule has 17 atom stereocenters. The van der Waals surface area contributed by atoms with Gasteiger partial charge in [-0.25, -0.2) is 14.4 Å². The minimum absolute atomic E-state index is 0. The number of carbonyl (C=O) groups excluding carboxylic acids is 10. The number of primary amides is 2. The molecule has 1 aromatic heterocycles. The van der Waals surface area contributed by atoms with Crippen molar-refractivity contribution in [3.8, 4) is 0 Å². The van der Waals surface area contributed by atoms with Crippen LogP contribution in [0.15, 0.2) is 24.5 Å². The molecule has 17 unspecified atom stereocenters. The summed E-state index contributed by atoms with van der Waals surface area (Å²) in [6, 6.07) is 5.23. The summed E-state index contributed by atoms with van der Waals surface area (Å²) in [5, 5.41) is 81.1. The normalized spacial score (nSPS) is 23.4. The van der Waals surface area contributed by atoms with E-state index in [0.29, 0.717) is 111 Å². The van der Waals surface area contributed by atoms with Crippen LogP contribution in [0.3, 0.4) is 0 Å². The summed E-state index contributed by atoms with van der Waals surface area (Å²) in [4.78, 5) is 172. The molecule has 9 aliphatic rings. The second kappa shape index (κ2) is 80.1. The molecule has 9 fully saturated rings. The third-order valence-corrected chi connectivity index (χ3v) is 44.2. The molecule has 0 saturated carbocycles. The first kappa shape index (κ1) is 134. The van der Waals surface area contributed by atoms with E-state index in [4.69, 9.17) is 37.0 Å². The van der Waals surface area contributed by atoms with Crippen LogP contribution in [0.2, 0.25) is 0 Å². The van der Waals surface area contributed by atoms with Crippen molar-refractivity contribution in [2.45, 2.75) is 387 Å². The molecule has 0 bridgehead atoms. The SMILES string of the molecule is CC1(C)SCCC(CCCCC(=O)O)S1.CC1SCCC(CCCCC(=O)O)S1.NC(=O)CSCCC(CCCCC(=O)O)SCC(N)=O.O=C(O)CCCCC(CCSC(=O)CCCCC1SCC2NC(=O)NC21)SC(=O)CCCCC1SCC2NC(=O)NC21.O=C(O)CCCCC(S)CCSC(=O)NCCNC(=O)CCCCC1SCC2NC(=O)NC21.O=C([O-])CCCCC1CCSC(c2ccncc2)S1.[Na+]. The molecule has 0 aliphatic carbocycles. The van der Waals surface area contributed by atoms with Crippen LogP contribution in [0, 0.1) is 0 Å². The van der Waals surface area contributed by atoms with Gasteiger partial charge >= 0.3 is 77.5 Å². The molecule has 10 rings (SSSR count). The molecule has 17 N–H and O–H groups in total. The summed E-state index contributed by atoms with van der Waals surface area (Å²) in [6.45, 7) is 7.63. The molecule has 1 aromatic rings. The predicted octanol–water partition coefficient (Wildman–Crippen LogP) is 14.2. The fourth-order valence-corrected chi connectivity index (χ4v) is 36.9. The van der Waals surface area contributed by atoms with E-state index in [1.807, 2.05) is 94.7 Å². The number of carboxylic acids is 6. The number of aromatic nitrogens is 1. The predicted molar refractivity (Wildman–Crippen MR) is 603 cm³/mol. The van der Waals surface area contributed by atoms with E-state index >= 15 is 0 Å². The number of pyridine rings is 1. The summed E-state index contributed by atoms with van der Waals surface area (Å²) in [5.74, 6) is 3.92. The van der Waals surface area contributed by atoms with Gasteiger partial charge in [-0.15, -0.1) is 82.3 Å². The molecule has 0 radical (unpaired) electrons. The standard InChI is InChI=1S/C28H44N4O6S4.C21H36N4O5S3.C14H19NO2S2.C12H22N2O4S2.C11H20O2S2.C10H18O2S2.Na/c33-22(34)10-4-1-7-17(42-24(36)12-6-3-9-21-26-19(16-41-21)30-28(38)32-26)13-14-39-23(35)11-5-2-8-20-25-18(15-40-20)29-27(37)31-25;26-17(7-3-2-6-16-19-15(13-33-16)24-20(29)25-19)22-10-11-23-21(30)32-12-9-14(31)5-1-4-8-18(27)28;16-13(17)4-2-1-3-12-7-10-18-14(19-12)11-5-8-15-9-6-11;13-10(15)7-19-6-5-9(20-8-11(14)16)3-1-2-4-12(17)18;1-11(2)14-8-7-9(15-11)5-3-4-6-10(12)13;1-8-13-7-6-9(14-8)4-2-3-5-10(11)12;/h17-21,25-26H,1-16H2,(H,33,34)(H2,29,31,37)(H2,30,32,38);14-16,19,31H,1-13H2,(H,22,26)(H,23,30)(H,27,28)(H2,24,25,29);5-6,8-9,12,14H,1-4,7,10H2,(H,16,17);9H,1-8H2,(H2,13,15)(H2,14,16)(H,17,18);9H,3-8H2,1-2H3,(H,12,13);8-9H,2-7H2,1H3,(H,11,12);/q;;;;;;+1/p-1. The van der Waals surface area contributed by atoms with E-state index in [1.54, 1.807) is 0 Å². The molecule has 48 heteroatoms. The number of urea groups is 3. The van der Waals surface area contributed by atoms with Crippen molar-refractivity contribution in [2.75, 3.05) is 76.4 Å². The van der Waals surface area contributed by atoms with Crippen LogP contribution in [0.25, 0.3) is 0 Å². The van der Waals surface area contributed by atoms with Crippen LogP contribution in [0.5, 0.6) is 0 Å². The average Bonchev–Trinajstić information content (AvgIpc) is 1.67. The molecule has 9 saturated heterocycles. The van der Waals surface area contributed by atoms with Gasteiger partial charge in [0.05, 0.1) is 56.4 Å². The molecule has 9 aliphatic heterocycles. The van der Waals surface area contributed by atoms with Crippen LogP contribution < -0.4 is 88.7 Å². The first-order valence-electron chi connectivity index (χ1n) is 50.5. The average molecular weight is 2310 g/mol. The maximum absolute atomic E-state index is 12.8. The Kier molecular flexibility index (Phi) is 74.3. The van der Waals surface area contributed by atoms with E-state index < -0.39 is 35.8 Å². The first-order chi connectivity index (χ1) is 68.5. The van der Waals surface area contributed by atoms with Crippen LogP contribution >= 0.6 is 177 Å². The maximum atomic E-state index is 12.8. The number of hydrogen-bond donors (Lipinski definition) is 16. The van der Waals surface area contributed by atoms with Crippen LogP contribution in [0.4, 0.5) is 19.2 Å². The third kappa shape index (κ3) is 65.1. The number of hydrogen-bond acceptors (Lipinski definition) is 32. The summed E-state index contributed by atoms with van der Waals surface area (Å²) in [7, 11) is 0.